The molecule has 2 unspecified atom stereocenters. The van der Waals surface area contributed by atoms with E-state index in [4.69, 9.17) is 25.1 Å². The van der Waals surface area contributed by atoms with Gasteiger partial charge in [-0.15, -0.1) is 0 Å². The Bertz CT molecular complexity index is 2010. The van der Waals surface area contributed by atoms with Crippen molar-refractivity contribution in [1.29, 1.82) is 0 Å². The first-order valence-electron chi connectivity index (χ1n) is 16.7. The number of nitrogen functional groups attached to an aromatic ring is 1. The molecule has 280 valence electrons. The Hall–Kier alpha value is -5.05. The maximum atomic E-state index is 14.7. The number of nitrogens with zero attached hydrogens (tertiary/aromatic N) is 2. The number of alkyl halides is 3. The van der Waals surface area contributed by atoms with Crippen LogP contribution in [-0.2, 0) is 19.4 Å². The number of amides is 1. The molecule has 4 N–H and O–H groups in total. The summed E-state index contributed by atoms with van der Waals surface area (Å²) in [5.74, 6) is -1.34. The number of nitrogens with two attached hydrogens (primary N) is 1. The van der Waals surface area contributed by atoms with Crippen LogP contribution in [0.3, 0.4) is 0 Å². The number of likely N-dealkylation sites (tertiary alicyclic amines) is 1. The number of halogens is 3. The number of carboxylic acid groups (broad SMARTS) is 1. The van der Waals surface area contributed by atoms with Gasteiger partial charge in [-0.3, -0.25) is 4.79 Å². The van der Waals surface area contributed by atoms with E-state index >= 15 is 0 Å². The van der Waals surface area contributed by atoms with Crippen molar-refractivity contribution in [3.63, 3.8) is 0 Å². The van der Waals surface area contributed by atoms with Gasteiger partial charge in [0.15, 0.2) is 21.3 Å². The van der Waals surface area contributed by atoms with Crippen LogP contribution in [0.25, 0.3) is 10.8 Å². The molecule has 1 aliphatic heterocycles. The van der Waals surface area contributed by atoms with Gasteiger partial charge in [-0.05, 0) is 106 Å². The predicted octanol–water partition coefficient (Wildman–Crippen LogP) is 7.34. The van der Waals surface area contributed by atoms with Crippen LogP contribution >= 0.6 is 0 Å². The molecule has 11 nitrogen and oxygen atoms in total. The second-order valence-electron chi connectivity index (χ2n) is 12.6. The lowest BCUT2D eigenvalue weighted by molar-refractivity contribution is -0.192. The molecule has 0 radical (unpaired) electrons. The maximum Gasteiger partial charge on any atom is 0.490 e. The molecule has 1 aromatic heterocycles. The number of benzene rings is 3. The summed E-state index contributed by atoms with van der Waals surface area (Å²) in [4.78, 5) is 29.9. The van der Waals surface area contributed by atoms with Crippen molar-refractivity contribution in [3.05, 3.63) is 84.1 Å². The Morgan fingerprint density at radius 2 is 1.73 bits per heavy atom. The molecular formula is C37H43F3N4O7S. The van der Waals surface area contributed by atoms with Crippen molar-refractivity contribution in [2.75, 3.05) is 24.2 Å². The van der Waals surface area contributed by atoms with Gasteiger partial charge in [0, 0.05) is 23.8 Å². The van der Waals surface area contributed by atoms with Crippen LogP contribution in [-0.4, -0.2) is 66.0 Å². The van der Waals surface area contributed by atoms with E-state index in [0.29, 0.717) is 48.0 Å². The van der Waals surface area contributed by atoms with Crippen molar-refractivity contribution in [2.45, 2.75) is 82.0 Å². The SMILES string of the molecule is CCOc1cc(C(Nc2ccc3c(N)nccc3c2)C(=O)N2CCCC2c2ccccc2S(=O)(=O)C(C)C)ccc1OC(C)C.O=C(O)C(F)(F)F. The highest BCUT2D eigenvalue weighted by Crippen LogP contribution is 2.40. The lowest BCUT2D eigenvalue weighted by Crippen LogP contribution is -2.38. The normalized spacial score (nSPS) is 15.3. The minimum absolute atomic E-state index is 0.0577. The van der Waals surface area contributed by atoms with Crippen LogP contribution in [0.15, 0.2) is 77.8 Å². The molecule has 1 amide bonds. The average Bonchev–Trinajstić information content (AvgIpc) is 3.58. The first kappa shape index (κ1) is 39.7. The van der Waals surface area contributed by atoms with Gasteiger partial charge in [-0.1, -0.05) is 24.3 Å². The molecule has 3 aromatic carbocycles. The number of rotatable bonds is 11. The number of hydrogen-bond acceptors (Lipinski definition) is 9. The number of anilines is 2. The molecule has 4 aromatic rings. The monoisotopic (exact) mass is 744 g/mol. The molecular weight excluding hydrogens is 701 g/mol. The summed E-state index contributed by atoms with van der Waals surface area (Å²) in [5, 5.41) is 11.7. The summed E-state index contributed by atoms with van der Waals surface area (Å²) in [7, 11) is -3.57. The third-order valence-corrected chi connectivity index (χ3v) is 10.5. The Labute approximate surface area is 300 Å². The number of pyridine rings is 1. The molecule has 1 aliphatic rings. The van der Waals surface area contributed by atoms with Crippen molar-refractivity contribution >= 4 is 44.0 Å². The second-order valence-corrected chi connectivity index (χ2v) is 15.1. The Morgan fingerprint density at radius 1 is 1.04 bits per heavy atom. The number of carbonyl (C=O) groups excluding carboxylic acids is 1. The van der Waals surface area contributed by atoms with Crippen molar-refractivity contribution < 1.29 is 45.8 Å². The number of carboxylic acids is 1. The lowest BCUT2D eigenvalue weighted by atomic mass is 10.0. The number of fused-ring (bicyclic) bond motifs is 1. The zero-order valence-corrected chi connectivity index (χ0v) is 30.3. The first-order valence-corrected chi connectivity index (χ1v) is 18.3. The molecule has 1 fully saturated rings. The predicted molar refractivity (Wildman–Crippen MR) is 192 cm³/mol. The van der Waals surface area contributed by atoms with Gasteiger partial charge in [0.25, 0.3) is 0 Å². The molecule has 15 heteroatoms. The van der Waals surface area contributed by atoms with Gasteiger partial charge in [0.1, 0.15) is 11.9 Å². The second kappa shape index (κ2) is 16.5. The zero-order valence-electron chi connectivity index (χ0n) is 29.5. The highest BCUT2D eigenvalue weighted by atomic mass is 32.2. The van der Waals surface area contributed by atoms with Gasteiger partial charge in [0.05, 0.1) is 28.9 Å². The molecule has 2 heterocycles. The van der Waals surface area contributed by atoms with E-state index < -0.39 is 33.3 Å². The average molecular weight is 745 g/mol. The van der Waals surface area contributed by atoms with Crippen LogP contribution in [0.1, 0.15) is 70.7 Å². The van der Waals surface area contributed by atoms with E-state index in [1.54, 1.807) is 32.2 Å². The maximum absolute atomic E-state index is 14.7. The van der Waals surface area contributed by atoms with Gasteiger partial charge in [0.2, 0.25) is 5.91 Å². The molecule has 1 saturated heterocycles. The van der Waals surface area contributed by atoms with E-state index in [2.05, 4.69) is 10.3 Å². The van der Waals surface area contributed by atoms with Crippen molar-refractivity contribution in [1.82, 2.24) is 9.88 Å². The Kier molecular flexibility index (Phi) is 12.6. The zero-order chi connectivity index (χ0) is 38.4. The number of aromatic nitrogens is 1. The van der Waals surface area contributed by atoms with Gasteiger partial charge in [-0.25, -0.2) is 18.2 Å². The molecule has 52 heavy (non-hydrogen) atoms. The minimum Gasteiger partial charge on any atom is -0.490 e. The number of ether oxygens (including phenoxy) is 2. The van der Waals surface area contributed by atoms with Crippen molar-refractivity contribution in [3.8, 4) is 11.5 Å². The smallest absolute Gasteiger partial charge is 0.490 e. The van der Waals surface area contributed by atoms with Gasteiger partial charge < -0.3 is 30.5 Å². The number of carbonyl (C=O) groups is 2. The fraction of sp³-hybridized carbons (Fsp3) is 0.378. The molecule has 0 bridgehead atoms. The summed E-state index contributed by atoms with van der Waals surface area (Å²) < 4.78 is 70.4. The van der Waals surface area contributed by atoms with E-state index in [0.717, 1.165) is 22.9 Å². The van der Waals surface area contributed by atoms with E-state index in [-0.39, 0.29) is 22.9 Å². The van der Waals surface area contributed by atoms with Crippen LogP contribution in [0.4, 0.5) is 24.7 Å². The van der Waals surface area contributed by atoms with Crippen LogP contribution in [0, 0.1) is 0 Å². The number of aliphatic carboxylic acids is 1. The molecule has 0 saturated carbocycles. The summed E-state index contributed by atoms with van der Waals surface area (Å²) in [6, 6.07) is 19.0. The number of nitrogens with one attached hydrogen (secondary N) is 1. The van der Waals surface area contributed by atoms with Gasteiger partial charge in [-0.2, -0.15) is 13.2 Å². The van der Waals surface area contributed by atoms with E-state index in [1.165, 1.54) is 0 Å². The molecule has 0 aliphatic carbocycles. The molecule has 0 spiro atoms. The summed E-state index contributed by atoms with van der Waals surface area (Å²) in [5.41, 5.74) is 8.17. The minimum atomic E-state index is -5.08. The quantitative estimate of drug-likeness (QED) is 0.142. The van der Waals surface area contributed by atoms with Crippen LogP contribution in [0.5, 0.6) is 11.5 Å². The van der Waals surface area contributed by atoms with Crippen LogP contribution < -0.4 is 20.5 Å². The fourth-order valence-corrected chi connectivity index (χ4v) is 7.17. The molecule has 5 rings (SSSR count). The Balaban J connectivity index is 0.000000785. The third kappa shape index (κ3) is 9.24. The van der Waals surface area contributed by atoms with Crippen molar-refractivity contribution in [2.24, 2.45) is 0 Å². The summed E-state index contributed by atoms with van der Waals surface area (Å²) in [6.45, 7) is 10.1. The van der Waals surface area contributed by atoms with E-state index in [9.17, 15) is 26.4 Å². The third-order valence-electron chi connectivity index (χ3n) is 8.30. The standard InChI is InChI=1S/C35H42N4O5S.C2HF3O2/c1-6-43-31-21-25(13-16-30(31)44-22(2)3)33(38-26-14-15-27-24(20-26)17-18-37-34(27)36)35(40)39-19-9-11-29(39)28-10-7-8-12-32(28)45(41,42)23(4)5;3-2(4,5)1(6)7/h7-8,10,12-18,20-23,29,33,38H,6,9,11,19H2,1-5H3,(H2,36,37);(H,6,7). The fourth-order valence-electron chi connectivity index (χ4n) is 5.86. The number of hydrogen-bond donors (Lipinski definition) is 3. The van der Waals surface area contributed by atoms with Crippen LogP contribution in [0.2, 0.25) is 0 Å². The highest BCUT2D eigenvalue weighted by molar-refractivity contribution is 7.92. The highest BCUT2D eigenvalue weighted by Gasteiger charge is 2.39. The Morgan fingerprint density at radius 3 is 2.37 bits per heavy atom. The summed E-state index contributed by atoms with van der Waals surface area (Å²) >= 11 is 0. The lowest BCUT2D eigenvalue weighted by Gasteiger charge is -2.31. The largest absolute Gasteiger partial charge is 0.490 e. The first-order chi connectivity index (χ1) is 24.4. The number of sulfone groups is 1. The van der Waals surface area contributed by atoms with E-state index in [1.807, 2.05) is 80.3 Å². The van der Waals surface area contributed by atoms with Gasteiger partial charge >= 0.3 is 12.1 Å². The molecule has 2 atom stereocenters. The topological polar surface area (TPSA) is 161 Å². The summed E-state index contributed by atoms with van der Waals surface area (Å²) in [6.07, 6.45) is -2.06.